The van der Waals surface area contributed by atoms with E-state index < -0.39 is 6.10 Å². The molecule has 154 valence electrons. The molecule has 1 aliphatic rings. The fraction of sp³-hybridized carbons (Fsp3) is 0.346. The summed E-state index contributed by atoms with van der Waals surface area (Å²) in [6.45, 7) is 0.752. The Labute approximate surface area is 177 Å². The first-order chi connectivity index (χ1) is 14.8. The van der Waals surface area contributed by atoms with Gasteiger partial charge in [-0.1, -0.05) is 67.8 Å². The number of benzene rings is 3. The van der Waals surface area contributed by atoms with Crippen molar-refractivity contribution in [1.29, 1.82) is 0 Å². The number of hydrogen-bond acceptors (Lipinski definition) is 3. The van der Waals surface area contributed by atoms with Gasteiger partial charge in [0.1, 0.15) is 24.3 Å². The lowest BCUT2D eigenvalue weighted by Gasteiger charge is -2.23. The summed E-state index contributed by atoms with van der Waals surface area (Å²) in [4.78, 5) is 4.96. The van der Waals surface area contributed by atoms with Gasteiger partial charge < -0.3 is 14.4 Å². The number of fused-ring (bicyclic) bond motifs is 2. The maximum Gasteiger partial charge on any atom is 0.127 e. The summed E-state index contributed by atoms with van der Waals surface area (Å²) in [5, 5.41) is 13.1. The van der Waals surface area contributed by atoms with Gasteiger partial charge in [0.15, 0.2) is 0 Å². The fourth-order valence-electron chi connectivity index (χ4n) is 4.73. The van der Waals surface area contributed by atoms with Gasteiger partial charge in [0.05, 0.1) is 17.6 Å². The summed E-state index contributed by atoms with van der Waals surface area (Å²) in [7, 11) is 0. The second-order valence-electron chi connectivity index (χ2n) is 8.35. The van der Waals surface area contributed by atoms with Crippen LogP contribution in [0.1, 0.15) is 43.8 Å². The number of hydrogen-bond donors (Lipinski definition) is 1. The Morgan fingerprint density at radius 3 is 2.60 bits per heavy atom. The predicted molar refractivity (Wildman–Crippen MR) is 121 cm³/mol. The molecule has 0 bridgehead atoms. The van der Waals surface area contributed by atoms with Crippen molar-refractivity contribution in [2.75, 3.05) is 6.61 Å². The van der Waals surface area contributed by atoms with Crippen molar-refractivity contribution >= 4 is 21.8 Å². The van der Waals surface area contributed by atoms with Crippen LogP contribution in [-0.4, -0.2) is 27.4 Å². The molecule has 0 saturated heterocycles. The van der Waals surface area contributed by atoms with E-state index in [9.17, 15) is 5.11 Å². The van der Waals surface area contributed by atoms with Gasteiger partial charge in [-0.2, -0.15) is 0 Å². The molecule has 4 aromatic rings. The Morgan fingerprint density at radius 2 is 1.70 bits per heavy atom. The number of imidazole rings is 1. The predicted octanol–water partition coefficient (Wildman–Crippen LogP) is 5.68. The number of ether oxygens (including phenoxy) is 1. The SMILES string of the molecule is OC(COc1cccc2ccccc12)Cn1c(C2CCCCC2)nc2ccccc21. The Kier molecular flexibility index (Phi) is 5.41. The summed E-state index contributed by atoms with van der Waals surface area (Å²) in [5.74, 6) is 2.42. The second kappa shape index (κ2) is 8.49. The van der Waals surface area contributed by atoms with E-state index in [1.165, 1.54) is 32.1 Å². The number of aliphatic hydroxyl groups excluding tert-OH is 1. The Bertz CT molecular complexity index is 1140. The molecule has 30 heavy (non-hydrogen) atoms. The zero-order valence-electron chi connectivity index (χ0n) is 17.2. The molecule has 1 saturated carbocycles. The Hall–Kier alpha value is -2.85. The first-order valence-electron chi connectivity index (χ1n) is 11.0. The zero-order valence-corrected chi connectivity index (χ0v) is 17.2. The van der Waals surface area contributed by atoms with Crippen molar-refractivity contribution in [3.8, 4) is 5.75 Å². The molecule has 1 N–H and O–H groups in total. The molecule has 3 aromatic carbocycles. The molecular formula is C26H28N2O2. The highest BCUT2D eigenvalue weighted by molar-refractivity contribution is 5.88. The quantitative estimate of drug-likeness (QED) is 0.453. The van der Waals surface area contributed by atoms with Crippen LogP contribution < -0.4 is 4.74 Å². The van der Waals surface area contributed by atoms with Crippen LogP contribution in [-0.2, 0) is 6.54 Å². The molecule has 1 aliphatic carbocycles. The lowest BCUT2D eigenvalue weighted by atomic mass is 9.88. The molecule has 1 unspecified atom stereocenters. The van der Waals surface area contributed by atoms with Crippen LogP contribution >= 0.6 is 0 Å². The first kappa shape index (κ1) is 19.1. The summed E-state index contributed by atoms with van der Waals surface area (Å²) in [5.41, 5.74) is 2.11. The van der Waals surface area contributed by atoms with Gasteiger partial charge in [-0.3, -0.25) is 0 Å². The third-order valence-corrected chi connectivity index (χ3v) is 6.23. The minimum absolute atomic E-state index is 0.255. The average molecular weight is 401 g/mol. The van der Waals surface area contributed by atoms with E-state index in [0.717, 1.165) is 33.4 Å². The standard InChI is InChI=1S/C26H28N2O2/c29-21(18-30-25-16-8-12-19-9-4-5-13-22(19)25)17-28-24-15-7-6-14-23(24)27-26(28)20-10-2-1-3-11-20/h4-9,12-16,20-21,29H,1-3,10-11,17-18H2. The third-order valence-electron chi connectivity index (χ3n) is 6.23. The zero-order chi connectivity index (χ0) is 20.3. The van der Waals surface area contributed by atoms with E-state index in [4.69, 9.17) is 9.72 Å². The van der Waals surface area contributed by atoms with E-state index >= 15 is 0 Å². The summed E-state index contributed by atoms with van der Waals surface area (Å²) in [6, 6.07) is 22.5. The van der Waals surface area contributed by atoms with Crippen molar-refractivity contribution in [3.05, 3.63) is 72.6 Å². The number of aromatic nitrogens is 2. The average Bonchev–Trinajstić information content (AvgIpc) is 3.16. The topological polar surface area (TPSA) is 47.3 Å². The van der Waals surface area contributed by atoms with Crippen molar-refractivity contribution in [3.63, 3.8) is 0 Å². The van der Waals surface area contributed by atoms with Crippen molar-refractivity contribution in [1.82, 2.24) is 9.55 Å². The van der Waals surface area contributed by atoms with Crippen LogP contribution in [0.3, 0.4) is 0 Å². The highest BCUT2D eigenvalue weighted by Gasteiger charge is 2.23. The van der Waals surface area contributed by atoms with Gasteiger partial charge in [-0.25, -0.2) is 4.98 Å². The molecule has 4 nitrogen and oxygen atoms in total. The molecule has 0 radical (unpaired) electrons. The number of aliphatic hydroxyl groups is 1. The van der Waals surface area contributed by atoms with E-state index in [0.29, 0.717) is 12.5 Å². The minimum atomic E-state index is -0.607. The maximum absolute atomic E-state index is 10.9. The van der Waals surface area contributed by atoms with Gasteiger partial charge in [0.25, 0.3) is 0 Å². The van der Waals surface area contributed by atoms with Crippen molar-refractivity contribution in [2.45, 2.75) is 50.7 Å². The first-order valence-corrected chi connectivity index (χ1v) is 11.0. The normalized spacial score (nSPS) is 16.2. The largest absolute Gasteiger partial charge is 0.490 e. The minimum Gasteiger partial charge on any atom is -0.490 e. The van der Waals surface area contributed by atoms with Crippen LogP contribution in [0.25, 0.3) is 21.8 Å². The van der Waals surface area contributed by atoms with Gasteiger partial charge in [-0.05, 0) is 36.4 Å². The van der Waals surface area contributed by atoms with Crippen LogP contribution in [0, 0.1) is 0 Å². The van der Waals surface area contributed by atoms with Crippen LogP contribution in [0.2, 0.25) is 0 Å². The number of rotatable bonds is 6. The highest BCUT2D eigenvalue weighted by Crippen LogP contribution is 2.34. The fourth-order valence-corrected chi connectivity index (χ4v) is 4.73. The van der Waals surface area contributed by atoms with Gasteiger partial charge in [-0.15, -0.1) is 0 Å². The second-order valence-corrected chi connectivity index (χ2v) is 8.35. The van der Waals surface area contributed by atoms with E-state index in [1.807, 2.05) is 36.4 Å². The lowest BCUT2D eigenvalue weighted by molar-refractivity contribution is 0.0929. The summed E-state index contributed by atoms with van der Waals surface area (Å²) in [6.07, 6.45) is 5.61. The number of nitrogens with zero attached hydrogens (tertiary/aromatic N) is 2. The molecule has 0 spiro atoms. The molecule has 1 fully saturated rings. The van der Waals surface area contributed by atoms with E-state index in [2.05, 4.69) is 34.9 Å². The Morgan fingerprint density at radius 1 is 0.933 bits per heavy atom. The lowest BCUT2D eigenvalue weighted by Crippen LogP contribution is -2.25. The van der Waals surface area contributed by atoms with Crippen LogP contribution in [0.15, 0.2) is 66.7 Å². The molecule has 4 heteroatoms. The monoisotopic (exact) mass is 400 g/mol. The van der Waals surface area contributed by atoms with Crippen LogP contribution in [0.4, 0.5) is 0 Å². The van der Waals surface area contributed by atoms with Gasteiger partial charge in [0.2, 0.25) is 0 Å². The molecule has 1 heterocycles. The van der Waals surface area contributed by atoms with Gasteiger partial charge in [0, 0.05) is 11.3 Å². The highest BCUT2D eigenvalue weighted by atomic mass is 16.5. The van der Waals surface area contributed by atoms with Crippen molar-refractivity contribution < 1.29 is 9.84 Å². The molecule has 0 aliphatic heterocycles. The third kappa shape index (κ3) is 3.80. The molecule has 5 rings (SSSR count). The molecule has 0 amide bonds. The molecule has 1 aromatic heterocycles. The van der Waals surface area contributed by atoms with Crippen LogP contribution in [0.5, 0.6) is 5.75 Å². The Balaban J connectivity index is 1.37. The van der Waals surface area contributed by atoms with Crippen molar-refractivity contribution in [2.24, 2.45) is 0 Å². The summed E-state index contributed by atoms with van der Waals surface area (Å²) >= 11 is 0. The van der Waals surface area contributed by atoms with E-state index in [1.54, 1.807) is 0 Å². The van der Waals surface area contributed by atoms with Gasteiger partial charge >= 0.3 is 0 Å². The maximum atomic E-state index is 10.9. The smallest absolute Gasteiger partial charge is 0.127 e. The molecule has 1 atom stereocenters. The summed E-state index contributed by atoms with van der Waals surface area (Å²) < 4.78 is 8.27. The van der Waals surface area contributed by atoms with E-state index in [-0.39, 0.29) is 6.61 Å². The number of para-hydroxylation sites is 2. The molecular weight excluding hydrogens is 372 g/mol.